The zero-order valence-electron chi connectivity index (χ0n) is 26.5. The Labute approximate surface area is 251 Å². The van der Waals surface area contributed by atoms with Gasteiger partial charge in [-0.15, -0.1) is 0 Å². The highest BCUT2D eigenvalue weighted by Crippen LogP contribution is 2.44. The zero-order chi connectivity index (χ0) is 29.1. The van der Waals surface area contributed by atoms with E-state index in [1.807, 2.05) is 0 Å². The predicted octanol–water partition coefficient (Wildman–Crippen LogP) is 8.93. The number of cyclic esters (lactones) is 2. The van der Waals surface area contributed by atoms with Gasteiger partial charge in [-0.1, -0.05) is 107 Å². The average molecular weight is 583 g/mol. The molecule has 230 valence electrons. The minimum absolute atomic E-state index is 0.0157. The minimum atomic E-state index is -1.44. The fourth-order valence-corrected chi connectivity index (χ4v) is 10.5. The first kappa shape index (κ1) is 32.5. The van der Waals surface area contributed by atoms with Gasteiger partial charge >= 0.3 is 11.9 Å². The molecule has 0 atom stereocenters. The van der Waals surface area contributed by atoms with E-state index in [-0.39, 0.29) is 5.92 Å². The van der Waals surface area contributed by atoms with Crippen LogP contribution in [0.4, 0.5) is 0 Å². The van der Waals surface area contributed by atoms with Gasteiger partial charge in [0.1, 0.15) is 0 Å². The normalized spacial score (nSPS) is 26.2. The third-order valence-corrected chi connectivity index (χ3v) is 14.3. The molecule has 1 aliphatic heterocycles. The molecule has 2 aliphatic carbocycles. The van der Waals surface area contributed by atoms with Gasteiger partial charge in [0.15, 0.2) is 0 Å². The molecule has 3 fully saturated rings. The Kier molecular flexibility index (Phi) is 13.0. The molecule has 5 heteroatoms. The first-order chi connectivity index (χ1) is 19.8. The number of hydrogen-bond donors (Lipinski definition) is 0. The summed E-state index contributed by atoms with van der Waals surface area (Å²) in [5, 5.41) is 1.59. The van der Waals surface area contributed by atoms with E-state index in [1.165, 1.54) is 95.9 Å². The second-order valence-corrected chi connectivity index (χ2v) is 19.2. The van der Waals surface area contributed by atoms with Gasteiger partial charge in [0.05, 0.1) is 27.5 Å². The van der Waals surface area contributed by atoms with E-state index in [0.717, 1.165) is 30.1 Å². The quantitative estimate of drug-likeness (QED) is 0.0896. The van der Waals surface area contributed by atoms with E-state index in [4.69, 9.17) is 4.74 Å². The van der Waals surface area contributed by atoms with Gasteiger partial charge in [0, 0.05) is 12.5 Å². The number of ether oxygens (including phenoxy) is 2. The smallest absolute Gasteiger partial charge is 0.313 e. The fourth-order valence-electron chi connectivity index (χ4n) is 7.98. The topological polar surface area (TPSA) is 52.6 Å². The third kappa shape index (κ3) is 10.3. The third-order valence-electron chi connectivity index (χ3n) is 10.8. The minimum Gasteiger partial charge on any atom is -0.393 e. The SMILES string of the molecule is CCCCCC1CCC(C2CCC(c3ccc([Si](C)(C)CCCCCOCC4CC(=O)OC(=O)C4)cc3)CC2)CC1. The molecule has 3 aliphatic rings. The molecule has 2 saturated carbocycles. The van der Waals surface area contributed by atoms with Crippen molar-refractivity contribution in [3.63, 3.8) is 0 Å². The predicted molar refractivity (Wildman–Crippen MR) is 171 cm³/mol. The van der Waals surface area contributed by atoms with Gasteiger partial charge in [0.25, 0.3) is 0 Å². The molecule has 41 heavy (non-hydrogen) atoms. The molecule has 1 aromatic carbocycles. The van der Waals surface area contributed by atoms with Crippen molar-refractivity contribution in [3.05, 3.63) is 29.8 Å². The van der Waals surface area contributed by atoms with Gasteiger partial charge in [-0.05, 0) is 74.2 Å². The van der Waals surface area contributed by atoms with Gasteiger partial charge in [0.2, 0.25) is 0 Å². The van der Waals surface area contributed by atoms with Crippen LogP contribution >= 0.6 is 0 Å². The Balaban J connectivity index is 1.10. The summed E-state index contributed by atoms with van der Waals surface area (Å²) >= 11 is 0. The Morgan fingerprint density at radius 2 is 1.39 bits per heavy atom. The molecule has 0 N–H and O–H groups in total. The van der Waals surface area contributed by atoms with E-state index in [9.17, 15) is 9.59 Å². The van der Waals surface area contributed by atoms with Crippen molar-refractivity contribution in [2.24, 2.45) is 23.7 Å². The summed E-state index contributed by atoms with van der Waals surface area (Å²) in [6, 6.07) is 11.2. The van der Waals surface area contributed by atoms with Gasteiger partial charge < -0.3 is 9.47 Å². The number of unbranched alkanes of at least 4 members (excludes halogenated alkanes) is 4. The van der Waals surface area contributed by atoms with Crippen LogP contribution in [0.15, 0.2) is 24.3 Å². The monoisotopic (exact) mass is 582 g/mol. The first-order valence-corrected chi connectivity index (χ1v) is 20.5. The number of hydrogen-bond acceptors (Lipinski definition) is 4. The number of rotatable bonds is 15. The van der Waals surface area contributed by atoms with Crippen molar-refractivity contribution in [2.45, 2.75) is 141 Å². The summed E-state index contributed by atoms with van der Waals surface area (Å²) in [4.78, 5) is 22.8. The van der Waals surface area contributed by atoms with Crippen LogP contribution < -0.4 is 5.19 Å². The lowest BCUT2D eigenvalue weighted by Crippen LogP contribution is -2.41. The largest absolute Gasteiger partial charge is 0.393 e. The number of carbonyl (C=O) groups excluding carboxylic acids is 2. The van der Waals surface area contributed by atoms with Gasteiger partial charge in [-0.3, -0.25) is 9.59 Å². The van der Waals surface area contributed by atoms with E-state index >= 15 is 0 Å². The zero-order valence-corrected chi connectivity index (χ0v) is 27.5. The Bertz CT molecular complexity index is 909. The summed E-state index contributed by atoms with van der Waals surface area (Å²) in [5.41, 5.74) is 1.58. The standard InChI is InChI=1S/C36H58O4Si/c1-4-5-7-10-28-11-13-30(14-12-28)31-15-17-32(18-16-31)33-19-21-34(22-20-33)41(2,3)24-9-6-8-23-39-27-29-25-35(37)40-36(38)26-29/h19-22,28-32H,4-18,23-27H2,1-3H3. The van der Waals surface area contributed by atoms with Crippen LogP contribution in [-0.2, 0) is 19.1 Å². The Morgan fingerprint density at radius 1 is 0.756 bits per heavy atom. The van der Waals surface area contributed by atoms with Gasteiger partial charge in [-0.2, -0.15) is 0 Å². The van der Waals surface area contributed by atoms with E-state index in [2.05, 4.69) is 49.0 Å². The summed E-state index contributed by atoms with van der Waals surface area (Å²) < 4.78 is 10.4. The maximum Gasteiger partial charge on any atom is 0.313 e. The van der Waals surface area contributed by atoms with Crippen molar-refractivity contribution in [1.82, 2.24) is 0 Å². The molecule has 4 nitrogen and oxygen atoms in total. The van der Waals surface area contributed by atoms with E-state index in [1.54, 1.807) is 10.8 Å². The highest BCUT2D eigenvalue weighted by molar-refractivity contribution is 6.89. The van der Waals surface area contributed by atoms with Crippen LogP contribution in [0.2, 0.25) is 19.1 Å². The van der Waals surface area contributed by atoms with E-state index in [0.29, 0.717) is 26.1 Å². The van der Waals surface area contributed by atoms with Crippen molar-refractivity contribution < 1.29 is 19.1 Å². The summed E-state index contributed by atoms with van der Waals surface area (Å²) in [6.45, 7) is 8.54. The molecule has 0 unspecified atom stereocenters. The fraction of sp³-hybridized carbons (Fsp3) is 0.778. The first-order valence-electron chi connectivity index (χ1n) is 17.3. The highest BCUT2D eigenvalue weighted by atomic mass is 28.3. The van der Waals surface area contributed by atoms with Crippen molar-refractivity contribution in [3.8, 4) is 0 Å². The van der Waals surface area contributed by atoms with Crippen LogP contribution in [0.25, 0.3) is 0 Å². The second-order valence-electron chi connectivity index (χ2n) is 14.4. The lowest BCUT2D eigenvalue weighted by molar-refractivity contribution is -0.166. The van der Waals surface area contributed by atoms with Gasteiger partial charge in [-0.25, -0.2) is 0 Å². The maximum absolute atomic E-state index is 11.4. The lowest BCUT2D eigenvalue weighted by atomic mass is 9.68. The molecule has 1 aromatic rings. The summed E-state index contributed by atoms with van der Waals surface area (Å²) in [7, 11) is -1.44. The second kappa shape index (κ2) is 16.4. The molecule has 0 amide bonds. The van der Waals surface area contributed by atoms with Crippen LogP contribution in [0, 0.1) is 23.7 Å². The Hall–Kier alpha value is -1.46. The lowest BCUT2D eigenvalue weighted by Gasteiger charge is -2.38. The Morgan fingerprint density at radius 3 is 2.02 bits per heavy atom. The van der Waals surface area contributed by atoms with Crippen LogP contribution in [0.1, 0.15) is 128 Å². The van der Waals surface area contributed by atoms with Crippen molar-refractivity contribution in [2.75, 3.05) is 13.2 Å². The van der Waals surface area contributed by atoms with Crippen molar-refractivity contribution in [1.29, 1.82) is 0 Å². The van der Waals surface area contributed by atoms with Crippen LogP contribution in [0.3, 0.4) is 0 Å². The molecule has 0 aromatic heterocycles. The molecular formula is C36H58O4Si. The van der Waals surface area contributed by atoms with Crippen LogP contribution in [0.5, 0.6) is 0 Å². The molecule has 1 heterocycles. The molecule has 0 radical (unpaired) electrons. The molecular weight excluding hydrogens is 524 g/mol. The molecule has 0 bridgehead atoms. The van der Waals surface area contributed by atoms with E-state index < -0.39 is 20.0 Å². The van der Waals surface area contributed by atoms with Crippen LogP contribution in [-0.4, -0.2) is 33.2 Å². The molecule has 0 spiro atoms. The number of carbonyl (C=O) groups is 2. The summed E-state index contributed by atoms with van der Waals surface area (Å²) in [6.07, 6.45) is 21.5. The maximum atomic E-state index is 11.4. The number of benzene rings is 1. The average Bonchev–Trinajstić information content (AvgIpc) is 2.97. The molecule has 4 rings (SSSR count). The highest BCUT2D eigenvalue weighted by Gasteiger charge is 2.32. The molecule has 1 saturated heterocycles. The summed E-state index contributed by atoms with van der Waals surface area (Å²) in [5.74, 6) is 2.97. The number of esters is 2. The van der Waals surface area contributed by atoms with Crippen molar-refractivity contribution >= 4 is 25.2 Å².